The molecule has 88 valence electrons. The van der Waals surface area contributed by atoms with Crippen molar-refractivity contribution in [1.82, 2.24) is 19.7 Å². The fourth-order valence-corrected chi connectivity index (χ4v) is 1.96. The molecule has 2 aromatic rings. The van der Waals surface area contributed by atoms with Gasteiger partial charge in [0.25, 0.3) is 5.56 Å². The molecule has 2 aromatic heterocycles. The van der Waals surface area contributed by atoms with Gasteiger partial charge in [-0.3, -0.25) is 9.59 Å². The summed E-state index contributed by atoms with van der Waals surface area (Å²) in [7, 11) is 0. The monoisotopic (exact) mass is 252 g/mol. The third kappa shape index (κ3) is 1.94. The molecule has 0 fully saturated rings. The zero-order valence-corrected chi connectivity index (χ0v) is 9.87. The maximum absolute atomic E-state index is 11.9. The second-order valence-electron chi connectivity index (χ2n) is 3.31. The van der Waals surface area contributed by atoms with Gasteiger partial charge in [0.05, 0.1) is 5.56 Å². The highest BCUT2D eigenvalue weighted by Gasteiger charge is 2.14. The standard InChI is InChI=1S/C9H8N4O3S/c1-4(14)6-3-10-8(16)13(7(6)15)9-12-11-5(2)17-9/h3H,1-2H3,(H,10,16). The van der Waals surface area contributed by atoms with E-state index >= 15 is 0 Å². The van der Waals surface area contributed by atoms with Crippen LogP contribution in [0.3, 0.4) is 0 Å². The summed E-state index contributed by atoms with van der Waals surface area (Å²) in [6, 6.07) is 0. The van der Waals surface area contributed by atoms with E-state index in [1.807, 2.05) is 0 Å². The van der Waals surface area contributed by atoms with Crippen LogP contribution in [0, 0.1) is 6.92 Å². The van der Waals surface area contributed by atoms with Gasteiger partial charge in [-0.25, -0.2) is 4.79 Å². The van der Waals surface area contributed by atoms with E-state index in [9.17, 15) is 14.4 Å². The summed E-state index contributed by atoms with van der Waals surface area (Å²) in [5, 5.41) is 8.20. The molecular formula is C9H8N4O3S. The van der Waals surface area contributed by atoms with Crippen LogP contribution in [0.5, 0.6) is 0 Å². The smallest absolute Gasteiger partial charge is 0.313 e. The minimum absolute atomic E-state index is 0.0857. The lowest BCUT2D eigenvalue weighted by molar-refractivity contribution is 0.101. The SMILES string of the molecule is CC(=O)c1c[nH]c(=O)n(-c2nnc(C)s2)c1=O. The first kappa shape index (κ1) is 11.4. The largest absolute Gasteiger partial charge is 0.334 e. The third-order valence-electron chi connectivity index (χ3n) is 2.06. The minimum Gasteiger partial charge on any atom is -0.313 e. The topological polar surface area (TPSA) is 97.7 Å². The number of ketones is 1. The summed E-state index contributed by atoms with van der Waals surface area (Å²) in [6.45, 7) is 2.96. The lowest BCUT2D eigenvalue weighted by Crippen LogP contribution is -2.36. The summed E-state index contributed by atoms with van der Waals surface area (Å²) in [6.07, 6.45) is 1.11. The summed E-state index contributed by atoms with van der Waals surface area (Å²) in [5.41, 5.74) is -1.41. The number of carbonyl (C=O) groups excluding carboxylic acids is 1. The van der Waals surface area contributed by atoms with Crippen molar-refractivity contribution in [3.63, 3.8) is 0 Å². The van der Waals surface area contributed by atoms with Gasteiger partial charge in [-0.1, -0.05) is 11.3 Å². The molecule has 0 saturated heterocycles. The summed E-state index contributed by atoms with van der Waals surface area (Å²) < 4.78 is 0.807. The number of carbonyl (C=O) groups is 1. The normalized spacial score (nSPS) is 10.5. The molecule has 0 atom stereocenters. The first-order chi connectivity index (χ1) is 8.00. The third-order valence-corrected chi connectivity index (χ3v) is 2.89. The molecule has 0 aromatic carbocycles. The first-order valence-corrected chi connectivity index (χ1v) is 5.48. The molecule has 0 aliphatic carbocycles. The quantitative estimate of drug-likeness (QED) is 0.752. The highest BCUT2D eigenvalue weighted by molar-refractivity contribution is 7.13. The molecule has 0 amide bonds. The van der Waals surface area contributed by atoms with E-state index in [2.05, 4.69) is 15.2 Å². The van der Waals surface area contributed by atoms with Gasteiger partial charge in [0.15, 0.2) is 5.78 Å². The molecular weight excluding hydrogens is 244 g/mol. The molecule has 2 heterocycles. The Morgan fingerprint density at radius 3 is 2.65 bits per heavy atom. The van der Waals surface area contributed by atoms with E-state index in [1.165, 1.54) is 6.92 Å². The average Bonchev–Trinajstić information content (AvgIpc) is 2.64. The van der Waals surface area contributed by atoms with Gasteiger partial charge in [-0.15, -0.1) is 10.2 Å². The van der Waals surface area contributed by atoms with Gasteiger partial charge in [0.2, 0.25) is 5.13 Å². The molecule has 0 bridgehead atoms. The van der Waals surface area contributed by atoms with Crippen LogP contribution in [-0.4, -0.2) is 25.5 Å². The second kappa shape index (κ2) is 4.06. The van der Waals surface area contributed by atoms with Crippen LogP contribution in [0.15, 0.2) is 15.8 Å². The molecule has 0 aliphatic rings. The number of hydrogen-bond donors (Lipinski definition) is 1. The summed E-state index contributed by atoms with van der Waals surface area (Å²) in [4.78, 5) is 37.0. The zero-order chi connectivity index (χ0) is 12.6. The van der Waals surface area contributed by atoms with Gasteiger partial charge < -0.3 is 4.98 Å². The van der Waals surface area contributed by atoms with Crippen molar-refractivity contribution >= 4 is 17.1 Å². The molecule has 1 N–H and O–H groups in total. The van der Waals surface area contributed by atoms with E-state index in [0.717, 1.165) is 22.1 Å². The van der Waals surface area contributed by atoms with Gasteiger partial charge >= 0.3 is 5.69 Å². The van der Waals surface area contributed by atoms with Crippen molar-refractivity contribution in [1.29, 1.82) is 0 Å². The summed E-state index contributed by atoms with van der Waals surface area (Å²) >= 11 is 1.10. The predicted octanol–water partition coefficient (Wildman–Crippen LogP) is -0.112. The number of hydrogen-bond acceptors (Lipinski definition) is 6. The lowest BCUT2D eigenvalue weighted by atomic mass is 10.2. The Kier molecular flexibility index (Phi) is 2.72. The van der Waals surface area contributed by atoms with Gasteiger partial charge in [0.1, 0.15) is 5.01 Å². The highest BCUT2D eigenvalue weighted by Crippen LogP contribution is 2.09. The fourth-order valence-electron chi connectivity index (χ4n) is 1.28. The Balaban J connectivity index is 2.78. The molecule has 0 spiro atoms. The molecule has 0 unspecified atom stereocenters. The average molecular weight is 252 g/mol. The number of aromatic nitrogens is 4. The van der Waals surface area contributed by atoms with Crippen LogP contribution in [0.4, 0.5) is 0 Å². The molecule has 8 heteroatoms. The van der Waals surface area contributed by atoms with Crippen molar-refractivity contribution in [3.8, 4) is 5.13 Å². The van der Waals surface area contributed by atoms with Crippen molar-refractivity contribution in [2.75, 3.05) is 0 Å². The minimum atomic E-state index is -0.683. The van der Waals surface area contributed by atoms with Crippen LogP contribution >= 0.6 is 11.3 Å². The van der Waals surface area contributed by atoms with E-state index in [4.69, 9.17) is 0 Å². The van der Waals surface area contributed by atoms with E-state index in [1.54, 1.807) is 6.92 Å². The van der Waals surface area contributed by atoms with Gasteiger partial charge in [-0.05, 0) is 13.8 Å². The Hall–Kier alpha value is -2.09. The second-order valence-corrected chi connectivity index (χ2v) is 4.47. The number of H-pyrrole nitrogens is 1. The molecule has 0 aliphatic heterocycles. The summed E-state index contributed by atoms with van der Waals surface area (Å²) in [5.74, 6) is -0.416. The van der Waals surface area contributed by atoms with Crippen molar-refractivity contribution < 1.29 is 4.79 Å². The van der Waals surface area contributed by atoms with Crippen molar-refractivity contribution in [2.24, 2.45) is 0 Å². The van der Waals surface area contributed by atoms with E-state index < -0.39 is 17.0 Å². The van der Waals surface area contributed by atoms with Crippen LogP contribution in [0.25, 0.3) is 5.13 Å². The Bertz CT molecular complexity index is 697. The number of nitrogens with zero attached hydrogens (tertiary/aromatic N) is 3. The maximum atomic E-state index is 11.9. The van der Waals surface area contributed by atoms with Crippen LogP contribution in [0.1, 0.15) is 22.3 Å². The molecule has 0 radical (unpaired) electrons. The number of Topliss-reactive ketones (excluding diaryl/α,β-unsaturated/α-hetero) is 1. The van der Waals surface area contributed by atoms with Gasteiger partial charge in [-0.2, -0.15) is 4.57 Å². The van der Waals surface area contributed by atoms with Crippen molar-refractivity contribution in [2.45, 2.75) is 13.8 Å². The van der Waals surface area contributed by atoms with Crippen LogP contribution < -0.4 is 11.2 Å². The predicted molar refractivity (Wildman–Crippen MR) is 60.9 cm³/mol. The van der Waals surface area contributed by atoms with Crippen LogP contribution in [-0.2, 0) is 0 Å². The Labute approximate surface area is 98.8 Å². The lowest BCUT2D eigenvalue weighted by Gasteiger charge is -2.00. The van der Waals surface area contributed by atoms with Gasteiger partial charge in [0, 0.05) is 6.20 Å². The number of aromatic amines is 1. The Morgan fingerprint density at radius 2 is 2.12 bits per heavy atom. The number of aryl methyl sites for hydroxylation is 1. The van der Waals surface area contributed by atoms with Crippen LogP contribution in [0.2, 0.25) is 0 Å². The molecule has 2 rings (SSSR count). The molecule has 0 saturated carbocycles. The number of rotatable bonds is 2. The van der Waals surface area contributed by atoms with Crippen molar-refractivity contribution in [3.05, 3.63) is 37.6 Å². The fraction of sp³-hybridized carbons (Fsp3) is 0.222. The molecule has 7 nitrogen and oxygen atoms in total. The maximum Gasteiger partial charge on any atom is 0.334 e. The number of nitrogens with one attached hydrogen (secondary N) is 1. The molecule has 17 heavy (non-hydrogen) atoms. The first-order valence-electron chi connectivity index (χ1n) is 4.67. The zero-order valence-electron chi connectivity index (χ0n) is 9.05. The highest BCUT2D eigenvalue weighted by atomic mass is 32.1. The Morgan fingerprint density at radius 1 is 1.41 bits per heavy atom. The van der Waals surface area contributed by atoms with E-state index in [0.29, 0.717) is 5.01 Å². The van der Waals surface area contributed by atoms with E-state index in [-0.39, 0.29) is 10.7 Å².